The van der Waals surface area contributed by atoms with E-state index in [1.807, 2.05) is 11.9 Å². The summed E-state index contributed by atoms with van der Waals surface area (Å²) < 4.78 is 1.78. The van der Waals surface area contributed by atoms with Crippen molar-refractivity contribution in [3.8, 4) is 0 Å². The van der Waals surface area contributed by atoms with E-state index in [0.717, 1.165) is 32.4 Å². The molecule has 1 atom stereocenters. The second kappa shape index (κ2) is 6.21. The third-order valence-corrected chi connectivity index (χ3v) is 3.84. The molecule has 112 valence electrons. The summed E-state index contributed by atoms with van der Waals surface area (Å²) in [4.78, 5) is 13.1. The second-order valence-corrected chi connectivity index (χ2v) is 5.35. The van der Waals surface area contributed by atoms with Crippen LogP contribution in [0.15, 0.2) is 0 Å². The van der Waals surface area contributed by atoms with E-state index in [9.17, 15) is 10.1 Å². The van der Waals surface area contributed by atoms with Crippen LogP contribution in [0.25, 0.3) is 0 Å². The van der Waals surface area contributed by atoms with Crippen LogP contribution in [0.3, 0.4) is 0 Å². The number of nitrogens with one attached hydrogen (secondary N) is 1. The first-order valence-electron chi connectivity index (χ1n) is 7.21. The Morgan fingerprint density at radius 1 is 1.60 bits per heavy atom. The standard InChI is InChI=1S/C13H23N5O2/c1-4-8-17-13(12(18(19)20)10(2)15-17)16(3)11-6-5-7-14-9-11/h11,14H,4-9H2,1-3H3. The van der Waals surface area contributed by atoms with Crippen molar-refractivity contribution in [1.82, 2.24) is 15.1 Å². The minimum atomic E-state index is -0.309. The molecule has 0 spiro atoms. The van der Waals surface area contributed by atoms with E-state index < -0.39 is 0 Å². The monoisotopic (exact) mass is 281 g/mol. The molecule has 7 nitrogen and oxygen atoms in total. The number of nitrogens with zero attached hydrogens (tertiary/aromatic N) is 4. The molecule has 0 aliphatic carbocycles. The van der Waals surface area contributed by atoms with E-state index >= 15 is 0 Å². The van der Waals surface area contributed by atoms with Gasteiger partial charge < -0.3 is 10.2 Å². The van der Waals surface area contributed by atoms with Gasteiger partial charge in [0.2, 0.25) is 5.82 Å². The van der Waals surface area contributed by atoms with E-state index in [-0.39, 0.29) is 16.7 Å². The Balaban J connectivity index is 2.38. The quantitative estimate of drug-likeness (QED) is 0.656. The molecule has 1 aliphatic rings. The summed E-state index contributed by atoms with van der Waals surface area (Å²) in [5.41, 5.74) is 0.639. The fraction of sp³-hybridized carbons (Fsp3) is 0.769. The number of piperidine rings is 1. The minimum Gasteiger partial charge on any atom is -0.350 e. The molecule has 20 heavy (non-hydrogen) atoms. The topological polar surface area (TPSA) is 76.2 Å². The molecule has 7 heteroatoms. The van der Waals surface area contributed by atoms with Crippen LogP contribution >= 0.6 is 0 Å². The number of rotatable bonds is 5. The van der Waals surface area contributed by atoms with Gasteiger partial charge in [-0.05, 0) is 32.7 Å². The van der Waals surface area contributed by atoms with Gasteiger partial charge in [0.15, 0.2) is 0 Å². The van der Waals surface area contributed by atoms with Crippen molar-refractivity contribution in [2.75, 3.05) is 25.0 Å². The molecular formula is C13H23N5O2. The highest BCUT2D eigenvalue weighted by molar-refractivity contribution is 5.61. The summed E-state index contributed by atoms with van der Waals surface area (Å²) in [5, 5.41) is 19.1. The van der Waals surface area contributed by atoms with Gasteiger partial charge in [0, 0.05) is 26.2 Å². The highest BCUT2D eigenvalue weighted by Crippen LogP contribution is 2.33. The zero-order valence-corrected chi connectivity index (χ0v) is 12.4. The van der Waals surface area contributed by atoms with Crippen molar-refractivity contribution < 1.29 is 4.92 Å². The number of anilines is 1. The maximum absolute atomic E-state index is 11.4. The molecule has 1 aromatic rings. The van der Waals surface area contributed by atoms with Crippen LogP contribution in [0, 0.1) is 17.0 Å². The minimum absolute atomic E-state index is 0.145. The Hall–Kier alpha value is -1.63. The predicted molar refractivity (Wildman–Crippen MR) is 78.2 cm³/mol. The third kappa shape index (κ3) is 2.77. The molecule has 2 rings (SSSR count). The number of aromatic nitrogens is 2. The fourth-order valence-electron chi connectivity index (χ4n) is 2.83. The number of hydrogen-bond donors (Lipinski definition) is 1. The first kappa shape index (κ1) is 14.8. The largest absolute Gasteiger partial charge is 0.350 e. The van der Waals surface area contributed by atoms with Crippen LogP contribution in [0.2, 0.25) is 0 Å². The van der Waals surface area contributed by atoms with Crippen LogP contribution in [-0.2, 0) is 6.54 Å². The van der Waals surface area contributed by atoms with Crippen molar-refractivity contribution in [3.63, 3.8) is 0 Å². The molecule has 0 radical (unpaired) electrons. The van der Waals surface area contributed by atoms with Crippen LogP contribution < -0.4 is 10.2 Å². The summed E-state index contributed by atoms with van der Waals surface area (Å²) in [6.45, 7) is 6.35. The van der Waals surface area contributed by atoms with E-state index in [2.05, 4.69) is 17.3 Å². The molecule has 0 amide bonds. The first-order chi connectivity index (χ1) is 9.56. The maximum atomic E-state index is 11.4. The van der Waals surface area contributed by atoms with Gasteiger partial charge in [-0.2, -0.15) is 5.10 Å². The molecule has 0 bridgehead atoms. The van der Waals surface area contributed by atoms with Gasteiger partial charge >= 0.3 is 5.69 Å². The molecule has 1 aromatic heterocycles. The number of nitro groups is 1. The summed E-state index contributed by atoms with van der Waals surface area (Å²) in [6, 6.07) is 0.286. The summed E-state index contributed by atoms with van der Waals surface area (Å²) in [7, 11) is 1.94. The van der Waals surface area contributed by atoms with Crippen LogP contribution in [-0.4, -0.2) is 40.9 Å². The average molecular weight is 281 g/mol. The molecule has 1 fully saturated rings. The van der Waals surface area contributed by atoms with Crippen molar-refractivity contribution in [1.29, 1.82) is 0 Å². The molecule has 2 heterocycles. The van der Waals surface area contributed by atoms with E-state index in [0.29, 0.717) is 18.1 Å². The highest BCUT2D eigenvalue weighted by atomic mass is 16.6. The Morgan fingerprint density at radius 3 is 2.90 bits per heavy atom. The smallest absolute Gasteiger partial charge is 0.333 e. The van der Waals surface area contributed by atoms with Crippen molar-refractivity contribution in [3.05, 3.63) is 15.8 Å². The molecule has 1 aliphatic heterocycles. The fourth-order valence-corrected chi connectivity index (χ4v) is 2.83. The average Bonchev–Trinajstić information content (AvgIpc) is 2.76. The van der Waals surface area contributed by atoms with Gasteiger partial charge in [0.05, 0.1) is 4.92 Å². The van der Waals surface area contributed by atoms with Crippen LogP contribution in [0.1, 0.15) is 31.9 Å². The normalized spacial score (nSPS) is 19.1. The van der Waals surface area contributed by atoms with Crippen molar-refractivity contribution >= 4 is 11.5 Å². The first-order valence-corrected chi connectivity index (χ1v) is 7.21. The SMILES string of the molecule is CCCn1nc(C)c([N+](=O)[O-])c1N(C)C1CCCNC1. The van der Waals surface area contributed by atoms with E-state index in [4.69, 9.17) is 0 Å². The predicted octanol–water partition coefficient (Wildman–Crippen LogP) is 1.70. The number of likely N-dealkylation sites (N-methyl/N-ethyl adjacent to an activating group) is 1. The van der Waals surface area contributed by atoms with Gasteiger partial charge in [-0.3, -0.25) is 10.1 Å². The number of hydrogen-bond acceptors (Lipinski definition) is 5. The van der Waals surface area contributed by atoms with Gasteiger partial charge in [0.25, 0.3) is 0 Å². The zero-order valence-electron chi connectivity index (χ0n) is 12.4. The van der Waals surface area contributed by atoms with Crippen molar-refractivity contribution in [2.45, 2.75) is 45.7 Å². The molecular weight excluding hydrogens is 258 g/mol. The highest BCUT2D eigenvalue weighted by Gasteiger charge is 2.31. The lowest BCUT2D eigenvalue weighted by Gasteiger charge is -2.32. The summed E-state index contributed by atoms with van der Waals surface area (Å²) in [5.74, 6) is 0.642. The van der Waals surface area contributed by atoms with Gasteiger partial charge in [-0.25, -0.2) is 4.68 Å². The summed E-state index contributed by atoms with van der Waals surface area (Å²) in [6.07, 6.45) is 3.06. The molecule has 0 saturated carbocycles. The third-order valence-electron chi connectivity index (χ3n) is 3.84. The maximum Gasteiger partial charge on any atom is 0.333 e. The van der Waals surface area contributed by atoms with E-state index in [1.54, 1.807) is 11.6 Å². The Kier molecular flexibility index (Phi) is 4.59. The molecule has 1 unspecified atom stereocenters. The zero-order chi connectivity index (χ0) is 14.7. The Labute approximate surface area is 119 Å². The lowest BCUT2D eigenvalue weighted by molar-refractivity contribution is -0.384. The Bertz CT molecular complexity index is 479. The number of aryl methyl sites for hydroxylation is 2. The summed E-state index contributed by atoms with van der Waals surface area (Å²) >= 11 is 0. The van der Waals surface area contributed by atoms with E-state index in [1.165, 1.54) is 0 Å². The van der Waals surface area contributed by atoms with Gasteiger partial charge in [-0.15, -0.1) is 0 Å². The second-order valence-electron chi connectivity index (χ2n) is 5.35. The van der Waals surface area contributed by atoms with Crippen LogP contribution in [0.4, 0.5) is 11.5 Å². The Morgan fingerprint density at radius 2 is 2.35 bits per heavy atom. The lowest BCUT2D eigenvalue weighted by atomic mass is 10.1. The van der Waals surface area contributed by atoms with Crippen molar-refractivity contribution in [2.24, 2.45) is 0 Å². The van der Waals surface area contributed by atoms with Gasteiger partial charge in [-0.1, -0.05) is 6.92 Å². The molecule has 1 saturated heterocycles. The lowest BCUT2D eigenvalue weighted by Crippen LogP contribution is -2.45. The van der Waals surface area contributed by atoms with Crippen LogP contribution in [0.5, 0.6) is 0 Å². The molecule has 0 aromatic carbocycles. The molecule has 1 N–H and O–H groups in total. The van der Waals surface area contributed by atoms with Gasteiger partial charge in [0.1, 0.15) is 5.69 Å².